The zero-order valence-electron chi connectivity index (χ0n) is 25.1. The van der Waals surface area contributed by atoms with E-state index in [9.17, 15) is 0 Å². The van der Waals surface area contributed by atoms with Crippen LogP contribution in [0, 0.1) is 5.92 Å². The molecule has 0 aliphatic rings. The fourth-order valence-electron chi connectivity index (χ4n) is 5.64. The van der Waals surface area contributed by atoms with Crippen LogP contribution >= 0.6 is 0 Å². The van der Waals surface area contributed by atoms with Gasteiger partial charge in [0.05, 0.1) is 0 Å². The molecule has 0 aromatic heterocycles. The summed E-state index contributed by atoms with van der Waals surface area (Å²) in [5.41, 5.74) is 6.08. The normalized spacial score (nSPS) is 11.7. The van der Waals surface area contributed by atoms with Crippen molar-refractivity contribution < 1.29 is 0 Å². The first-order valence-corrected chi connectivity index (χ1v) is 17.0. The van der Waals surface area contributed by atoms with Crippen molar-refractivity contribution in [1.29, 1.82) is 0 Å². The molecule has 35 heavy (non-hydrogen) atoms. The van der Waals surface area contributed by atoms with Crippen molar-refractivity contribution in [3.63, 3.8) is 0 Å². The van der Waals surface area contributed by atoms with Crippen LogP contribution in [0.1, 0.15) is 206 Å². The van der Waals surface area contributed by atoms with Crippen molar-refractivity contribution >= 4 is 0 Å². The van der Waals surface area contributed by atoms with Crippen LogP contribution < -0.4 is 5.73 Å². The van der Waals surface area contributed by atoms with Gasteiger partial charge in [0.2, 0.25) is 0 Å². The van der Waals surface area contributed by atoms with Gasteiger partial charge < -0.3 is 5.73 Å². The molecule has 0 saturated carbocycles. The molecule has 0 saturated heterocycles. The van der Waals surface area contributed by atoms with Crippen molar-refractivity contribution in [1.82, 2.24) is 0 Å². The largest absolute Gasteiger partial charge is 0.330 e. The van der Waals surface area contributed by atoms with E-state index in [4.69, 9.17) is 5.73 Å². The van der Waals surface area contributed by atoms with Gasteiger partial charge in [0.1, 0.15) is 0 Å². The molecule has 0 unspecified atom stereocenters. The van der Waals surface area contributed by atoms with Crippen LogP contribution in [0.25, 0.3) is 0 Å². The maximum Gasteiger partial charge on any atom is -0.00489 e. The van der Waals surface area contributed by atoms with Gasteiger partial charge >= 0.3 is 0 Å². The van der Waals surface area contributed by atoms with Crippen molar-refractivity contribution in [2.75, 3.05) is 6.54 Å². The highest BCUT2D eigenvalue weighted by Crippen LogP contribution is 2.19. The van der Waals surface area contributed by atoms with E-state index >= 15 is 0 Å². The van der Waals surface area contributed by atoms with E-state index in [2.05, 4.69) is 13.8 Å². The Morgan fingerprint density at radius 3 is 0.714 bits per heavy atom. The molecule has 0 bridgehead atoms. The Labute approximate surface area is 224 Å². The fraction of sp³-hybridized carbons (Fsp3) is 1.00. The van der Waals surface area contributed by atoms with E-state index in [1.165, 1.54) is 193 Å². The smallest absolute Gasteiger partial charge is 0.00489 e. The summed E-state index contributed by atoms with van der Waals surface area (Å²) < 4.78 is 0. The Balaban J connectivity index is 3.25. The lowest BCUT2D eigenvalue weighted by atomic mass is 9.94. The van der Waals surface area contributed by atoms with E-state index in [0.29, 0.717) is 0 Å². The fourth-order valence-corrected chi connectivity index (χ4v) is 5.64. The highest BCUT2D eigenvalue weighted by Gasteiger charge is 2.06. The summed E-state index contributed by atoms with van der Waals surface area (Å²) in [6.07, 6.45) is 43.4. The third-order valence-electron chi connectivity index (χ3n) is 8.27. The highest BCUT2D eigenvalue weighted by atomic mass is 14.5. The summed E-state index contributed by atoms with van der Waals surface area (Å²) in [5, 5.41) is 0. The van der Waals surface area contributed by atoms with Crippen molar-refractivity contribution in [2.24, 2.45) is 11.7 Å². The van der Waals surface area contributed by atoms with Crippen LogP contribution in [0.5, 0.6) is 0 Å². The van der Waals surface area contributed by atoms with Crippen LogP contribution in [0.4, 0.5) is 0 Å². The topological polar surface area (TPSA) is 26.0 Å². The minimum absolute atomic E-state index is 0.796. The number of hydrogen-bond donors (Lipinski definition) is 1. The van der Waals surface area contributed by atoms with Crippen LogP contribution in [0.2, 0.25) is 0 Å². The summed E-state index contributed by atoms with van der Waals surface area (Å²) in [6, 6.07) is 0. The molecule has 2 N–H and O–H groups in total. The maximum absolute atomic E-state index is 6.08. The minimum Gasteiger partial charge on any atom is -0.330 e. The first-order chi connectivity index (χ1) is 17.3. The first kappa shape index (κ1) is 35.0. The number of unbranched alkanes of at least 4 members (excludes halogenated alkanes) is 26. The van der Waals surface area contributed by atoms with E-state index in [1.807, 2.05) is 0 Å². The lowest BCUT2D eigenvalue weighted by molar-refractivity contribution is 0.409. The molecule has 0 atom stereocenters. The second-order valence-corrected chi connectivity index (χ2v) is 11.9. The summed E-state index contributed by atoms with van der Waals surface area (Å²) in [5.74, 6) is 0.796. The molecule has 0 aromatic rings. The van der Waals surface area contributed by atoms with Gasteiger partial charge in [0.15, 0.2) is 0 Å². The molecular weight excluding hydrogens is 422 g/mol. The van der Waals surface area contributed by atoms with Crippen molar-refractivity contribution in [3.8, 4) is 0 Å². The summed E-state index contributed by atoms with van der Waals surface area (Å²) in [6.45, 7) is 5.52. The Hall–Kier alpha value is -0.0400. The molecule has 212 valence electrons. The van der Waals surface area contributed by atoms with Gasteiger partial charge in [0.25, 0.3) is 0 Å². The third-order valence-corrected chi connectivity index (χ3v) is 8.27. The molecule has 0 spiro atoms. The van der Waals surface area contributed by atoms with Gasteiger partial charge in [-0.3, -0.25) is 0 Å². The summed E-state index contributed by atoms with van der Waals surface area (Å²) in [7, 11) is 0. The molecule has 0 heterocycles. The SMILES string of the molecule is CCCCCCCCCCCCCCCCC(CN)CCCCCCCCCCCCCCCC. The number of hydrogen-bond acceptors (Lipinski definition) is 1. The molecular formula is C34H71N. The summed E-state index contributed by atoms with van der Waals surface area (Å²) in [4.78, 5) is 0. The van der Waals surface area contributed by atoms with Gasteiger partial charge in [-0.2, -0.15) is 0 Å². The molecule has 0 aliphatic carbocycles. The zero-order chi connectivity index (χ0) is 25.5. The van der Waals surface area contributed by atoms with Crippen LogP contribution in [-0.4, -0.2) is 6.54 Å². The lowest BCUT2D eigenvalue weighted by Crippen LogP contribution is -2.14. The van der Waals surface area contributed by atoms with E-state index in [-0.39, 0.29) is 0 Å². The lowest BCUT2D eigenvalue weighted by Gasteiger charge is -2.14. The molecule has 0 radical (unpaired) electrons. The van der Waals surface area contributed by atoms with Gasteiger partial charge in [-0.1, -0.05) is 194 Å². The van der Waals surface area contributed by atoms with E-state index in [0.717, 1.165) is 12.5 Å². The van der Waals surface area contributed by atoms with E-state index in [1.54, 1.807) is 0 Å². The molecule has 0 aliphatic heterocycles. The monoisotopic (exact) mass is 494 g/mol. The first-order valence-electron chi connectivity index (χ1n) is 17.0. The third kappa shape index (κ3) is 30.1. The number of nitrogens with two attached hydrogens (primary N) is 1. The Kier molecular flexibility index (Phi) is 32.0. The molecule has 0 fully saturated rings. The molecule has 1 heteroatoms. The minimum atomic E-state index is 0.796. The number of rotatable bonds is 31. The van der Waals surface area contributed by atoms with Crippen molar-refractivity contribution in [2.45, 2.75) is 206 Å². The van der Waals surface area contributed by atoms with Crippen LogP contribution in [-0.2, 0) is 0 Å². The van der Waals surface area contributed by atoms with E-state index < -0.39 is 0 Å². The average molecular weight is 494 g/mol. The second-order valence-electron chi connectivity index (χ2n) is 11.9. The quantitative estimate of drug-likeness (QED) is 0.0954. The standard InChI is InChI=1S/C34H71N/c1-3-5-7-9-11-13-15-17-19-21-23-25-27-29-31-34(33-35)32-30-28-26-24-22-20-18-16-14-12-10-8-6-4-2/h34H,3-33,35H2,1-2H3. The molecule has 0 aromatic carbocycles. The predicted molar refractivity (Wildman–Crippen MR) is 162 cm³/mol. The zero-order valence-corrected chi connectivity index (χ0v) is 25.1. The highest BCUT2D eigenvalue weighted by molar-refractivity contribution is 4.61. The Morgan fingerprint density at radius 1 is 0.314 bits per heavy atom. The van der Waals surface area contributed by atoms with Gasteiger partial charge in [-0.05, 0) is 25.3 Å². The Morgan fingerprint density at radius 2 is 0.514 bits per heavy atom. The van der Waals surface area contributed by atoms with Crippen molar-refractivity contribution in [3.05, 3.63) is 0 Å². The Bertz CT molecular complexity index is 320. The van der Waals surface area contributed by atoms with Gasteiger partial charge in [-0.25, -0.2) is 0 Å². The van der Waals surface area contributed by atoms with Gasteiger partial charge in [-0.15, -0.1) is 0 Å². The molecule has 0 amide bonds. The predicted octanol–water partition coefficient (Wildman–Crippen LogP) is 12.3. The van der Waals surface area contributed by atoms with Gasteiger partial charge in [0, 0.05) is 0 Å². The molecule has 1 nitrogen and oxygen atoms in total. The summed E-state index contributed by atoms with van der Waals surface area (Å²) >= 11 is 0. The molecule has 0 rings (SSSR count). The van der Waals surface area contributed by atoms with Crippen LogP contribution in [0.15, 0.2) is 0 Å². The van der Waals surface area contributed by atoms with Crippen LogP contribution in [0.3, 0.4) is 0 Å². The maximum atomic E-state index is 6.08. The average Bonchev–Trinajstić information content (AvgIpc) is 2.87. The second kappa shape index (κ2) is 32.0.